The van der Waals surface area contributed by atoms with E-state index in [1.807, 2.05) is 5.57 Å². The number of hydrogen-bond donors (Lipinski definition) is 0. The van der Waals surface area contributed by atoms with E-state index >= 15 is 0 Å². The molecule has 1 unspecified atom stereocenters. The Kier molecular flexibility index (Phi) is 29.8. The van der Waals surface area contributed by atoms with Crippen LogP contribution in [0.1, 0.15) is 128 Å². The third-order valence-electron chi connectivity index (χ3n) is 6.52. The molecule has 2 heteroatoms. The average Bonchev–Trinajstić information content (AvgIpc) is 2.53. The van der Waals surface area contributed by atoms with E-state index in [1.165, 1.54) is 83.5 Å². The van der Waals surface area contributed by atoms with Gasteiger partial charge < -0.3 is 6.42 Å². The van der Waals surface area contributed by atoms with Gasteiger partial charge in [-0.25, -0.2) is 0 Å². The minimum Gasteiger partial charge on any atom is -0.328 e. The molecule has 0 aromatic rings. The van der Waals surface area contributed by atoms with Crippen LogP contribution in [0.4, 0.5) is 0 Å². The standard InChI is InChI=1S/C21H35.5CH4.B.Y/c1-17-7-9-19(10-8-17)16-21-13-11-20(12-14-21)15-18-5-3-2-4-6-18;;;;;;;/h2,11,17-19,21H,3-10,12-16H2,1H3;5*1H4;;/q-1;;;;;;;. The largest absolute Gasteiger partial charge is 0.328 e. The van der Waals surface area contributed by atoms with Crippen molar-refractivity contribution >= 4 is 8.41 Å². The Bertz CT molecular complexity index is 338. The van der Waals surface area contributed by atoms with E-state index in [0.29, 0.717) is 0 Å². The van der Waals surface area contributed by atoms with Crippen molar-refractivity contribution in [2.45, 2.75) is 128 Å². The maximum atomic E-state index is 2.65. The Balaban J connectivity index is -0.000000252. The van der Waals surface area contributed by atoms with Crippen molar-refractivity contribution in [1.82, 2.24) is 0 Å². The molecule has 3 rings (SSSR count). The second kappa shape index (κ2) is 21.2. The molecule has 0 aliphatic heterocycles. The molecule has 0 aromatic carbocycles. The van der Waals surface area contributed by atoms with Gasteiger partial charge >= 0.3 is 0 Å². The van der Waals surface area contributed by atoms with Crippen LogP contribution in [0.5, 0.6) is 0 Å². The summed E-state index contributed by atoms with van der Waals surface area (Å²) in [6.07, 6.45) is 24.1. The topological polar surface area (TPSA) is 0 Å². The second-order valence-electron chi connectivity index (χ2n) is 8.38. The van der Waals surface area contributed by atoms with Crippen LogP contribution in [-0.2, 0) is 32.7 Å². The SMILES string of the molecule is C.C.C.C.C.CC1CCC(CC2CC=C(CC3CC[CH-]CC3)CC2)CC1.[B].[Y]. The van der Waals surface area contributed by atoms with Gasteiger partial charge in [-0.1, -0.05) is 94.2 Å². The van der Waals surface area contributed by atoms with Gasteiger partial charge in [0.1, 0.15) is 0 Å². The zero-order valence-corrected chi connectivity index (χ0v) is 18.1. The van der Waals surface area contributed by atoms with Gasteiger partial charge in [-0.05, 0) is 55.8 Å². The summed E-state index contributed by atoms with van der Waals surface area (Å²) in [4.78, 5) is 0. The Morgan fingerprint density at radius 1 is 0.786 bits per heavy atom. The third kappa shape index (κ3) is 13.3. The Hall–Kier alpha value is 0.909. The normalized spacial score (nSPS) is 26.6. The molecule has 0 heterocycles. The minimum absolute atomic E-state index is 0. The van der Waals surface area contributed by atoms with Crippen LogP contribution < -0.4 is 0 Å². The van der Waals surface area contributed by atoms with Gasteiger partial charge in [0, 0.05) is 41.1 Å². The van der Waals surface area contributed by atoms with Gasteiger partial charge in [0.05, 0.1) is 0 Å². The maximum absolute atomic E-state index is 2.65. The fourth-order valence-electron chi connectivity index (χ4n) is 4.95. The molecule has 0 saturated heterocycles. The van der Waals surface area contributed by atoms with E-state index in [2.05, 4.69) is 19.4 Å². The van der Waals surface area contributed by atoms with Gasteiger partial charge in [0.25, 0.3) is 0 Å². The van der Waals surface area contributed by atoms with Crippen molar-refractivity contribution < 1.29 is 32.7 Å². The predicted octanol–water partition coefficient (Wildman–Crippen LogP) is 9.51. The van der Waals surface area contributed by atoms with Crippen molar-refractivity contribution in [3.63, 3.8) is 0 Å². The van der Waals surface area contributed by atoms with E-state index in [0.717, 1.165) is 23.7 Å². The molecule has 0 amide bonds. The summed E-state index contributed by atoms with van der Waals surface area (Å²) in [5.74, 6) is 4.10. The summed E-state index contributed by atoms with van der Waals surface area (Å²) in [6, 6.07) is 0. The molecule has 0 nitrogen and oxygen atoms in total. The molecule has 2 fully saturated rings. The van der Waals surface area contributed by atoms with Crippen LogP contribution in [-0.4, -0.2) is 8.41 Å². The third-order valence-corrected chi connectivity index (χ3v) is 6.52. The summed E-state index contributed by atoms with van der Waals surface area (Å²) < 4.78 is 0. The van der Waals surface area contributed by atoms with Gasteiger partial charge in [-0.2, -0.15) is 12.8 Å². The second-order valence-corrected chi connectivity index (χ2v) is 8.38. The van der Waals surface area contributed by atoms with Crippen LogP contribution in [0.2, 0.25) is 0 Å². The summed E-state index contributed by atoms with van der Waals surface area (Å²) in [5.41, 5.74) is 1.82. The first-order valence-corrected chi connectivity index (χ1v) is 9.79. The van der Waals surface area contributed by atoms with Crippen LogP contribution in [0, 0.1) is 30.1 Å². The molecule has 166 valence electrons. The van der Waals surface area contributed by atoms with E-state index in [9.17, 15) is 0 Å². The zero-order chi connectivity index (χ0) is 14.5. The number of rotatable bonds is 4. The zero-order valence-electron chi connectivity index (χ0n) is 15.3. The molecule has 28 heavy (non-hydrogen) atoms. The van der Waals surface area contributed by atoms with Crippen molar-refractivity contribution in [3.8, 4) is 0 Å². The molecule has 2 saturated carbocycles. The summed E-state index contributed by atoms with van der Waals surface area (Å²) in [5, 5.41) is 0. The van der Waals surface area contributed by atoms with Crippen molar-refractivity contribution in [3.05, 3.63) is 18.1 Å². The van der Waals surface area contributed by atoms with Crippen molar-refractivity contribution in [2.75, 3.05) is 0 Å². The first-order chi connectivity index (χ1) is 10.3. The Morgan fingerprint density at radius 2 is 1.36 bits per heavy atom. The smallest absolute Gasteiger partial charge is 0 e. The monoisotopic (exact) mass is 467 g/mol. The first-order valence-electron chi connectivity index (χ1n) is 9.79. The number of allylic oxidation sites excluding steroid dienone is 2. The molecule has 1 atom stereocenters. The van der Waals surface area contributed by atoms with Crippen molar-refractivity contribution in [2.24, 2.45) is 23.7 Å². The van der Waals surface area contributed by atoms with Gasteiger partial charge in [-0.3, -0.25) is 0 Å². The number of hydrogen-bond acceptors (Lipinski definition) is 0. The molecule has 3 aliphatic rings. The Labute approximate surface area is 209 Å². The predicted molar refractivity (Wildman–Crippen MR) is 131 cm³/mol. The molecular formula is C26H55BY-. The van der Waals surface area contributed by atoms with Crippen LogP contribution >= 0.6 is 0 Å². The van der Waals surface area contributed by atoms with Crippen molar-refractivity contribution in [1.29, 1.82) is 0 Å². The van der Waals surface area contributed by atoms with Crippen LogP contribution in [0.25, 0.3) is 0 Å². The van der Waals surface area contributed by atoms with E-state index < -0.39 is 0 Å². The summed E-state index contributed by atoms with van der Waals surface area (Å²) in [7, 11) is 0. The summed E-state index contributed by atoms with van der Waals surface area (Å²) >= 11 is 0. The molecule has 0 aromatic heterocycles. The minimum atomic E-state index is 0. The van der Waals surface area contributed by atoms with Gasteiger partial charge in [0.2, 0.25) is 0 Å². The van der Waals surface area contributed by atoms with Crippen LogP contribution in [0.15, 0.2) is 11.6 Å². The molecule has 0 spiro atoms. The fourth-order valence-corrected chi connectivity index (χ4v) is 4.95. The molecule has 4 radical (unpaired) electrons. The molecule has 0 bridgehead atoms. The first kappa shape index (κ1) is 39.4. The van der Waals surface area contributed by atoms with Gasteiger partial charge in [-0.15, -0.1) is 0 Å². The molecular weight excluding hydrogens is 412 g/mol. The fraction of sp³-hybridized carbons (Fsp3) is 0.885. The maximum Gasteiger partial charge on any atom is 0 e. The van der Waals surface area contributed by atoms with E-state index in [4.69, 9.17) is 0 Å². The van der Waals surface area contributed by atoms with Crippen LogP contribution in [0.3, 0.4) is 0 Å². The molecule has 3 aliphatic carbocycles. The van der Waals surface area contributed by atoms with E-state index in [1.54, 1.807) is 0 Å². The van der Waals surface area contributed by atoms with E-state index in [-0.39, 0.29) is 78.3 Å². The Morgan fingerprint density at radius 3 is 1.86 bits per heavy atom. The summed E-state index contributed by atoms with van der Waals surface area (Å²) in [6.45, 7) is 2.44. The van der Waals surface area contributed by atoms with Gasteiger partial charge in [0.15, 0.2) is 0 Å². The average molecular weight is 467 g/mol. The molecule has 0 N–H and O–H groups in total. The quantitative estimate of drug-likeness (QED) is 0.219.